The number of hydrogen-bond donors (Lipinski definition) is 1. The monoisotopic (exact) mass is 359 g/mol. The molecule has 130 valence electrons. The molecule has 2 aromatic carbocycles. The summed E-state index contributed by atoms with van der Waals surface area (Å²) in [5, 5.41) is 3.63. The van der Waals surface area contributed by atoms with Gasteiger partial charge in [-0.2, -0.15) is 0 Å². The SMILES string of the molecule is C[C@H](NCc1ccc(-c2ccccc2)s1)c1ccc(-n2ccnc2)cc1. The number of thiophene rings is 1. The zero-order chi connectivity index (χ0) is 17.8. The summed E-state index contributed by atoms with van der Waals surface area (Å²) in [4.78, 5) is 6.77. The molecule has 0 spiro atoms. The van der Waals surface area contributed by atoms with Gasteiger partial charge in [0, 0.05) is 40.4 Å². The number of imidazole rings is 1. The molecule has 0 aliphatic rings. The molecule has 3 nitrogen and oxygen atoms in total. The lowest BCUT2D eigenvalue weighted by atomic mass is 10.1. The van der Waals surface area contributed by atoms with Gasteiger partial charge in [0.25, 0.3) is 0 Å². The molecule has 2 heterocycles. The van der Waals surface area contributed by atoms with Gasteiger partial charge in [-0.05, 0) is 42.3 Å². The molecule has 1 N–H and O–H groups in total. The Balaban J connectivity index is 1.38. The van der Waals surface area contributed by atoms with Crippen LogP contribution in [0.5, 0.6) is 0 Å². The van der Waals surface area contributed by atoms with E-state index in [-0.39, 0.29) is 0 Å². The van der Waals surface area contributed by atoms with Crippen LogP contribution in [-0.4, -0.2) is 9.55 Å². The fourth-order valence-corrected chi connectivity index (χ4v) is 3.91. The van der Waals surface area contributed by atoms with E-state index in [1.807, 2.05) is 28.4 Å². The number of rotatable bonds is 6. The second-order valence-corrected chi connectivity index (χ2v) is 7.46. The van der Waals surface area contributed by atoms with Crippen LogP contribution in [0.25, 0.3) is 16.1 Å². The molecule has 1 atom stereocenters. The van der Waals surface area contributed by atoms with Gasteiger partial charge in [0.1, 0.15) is 0 Å². The van der Waals surface area contributed by atoms with E-state index in [9.17, 15) is 0 Å². The van der Waals surface area contributed by atoms with Crippen LogP contribution in [0.15, 0.2) is 85.5 Å². The Bertz CT molecular complexity index is 941. The minimum absolute atomic E-state index is 0.300. The van der Waals surface area contributed by atoms with Crippen LogP contribution < -0.4 is 5.32 Å². The standard InChI is InChI=1S/C22H21N3S/c1-17(18-7-9-20(10-8-18)25-14-13-23-16-25)24-15-21-11-12-22(26-21)19-5-3-2-4-6-19/h2-14,16-17,24H,15H2,1H3/t17-/m0/s1. The van der Waals surface area contributed by atoms with E-state index in [4.69, 9.17) is 0 Å². The van der Waals surface area contributed by atoms with E-state index in [1.54, 1.807) is 6.20 Å². The summed E-state index contributed by atoms with van der Waals surface area (Å²) in [5.41, 5.74) is 3.70. The zero-order valence-corrected chi connectivity index (χ0v) is 15.5. The van der Waals surface area contributed by atoms with Crippen LogP contribution >= 0.6 is 11.3 Å². The molecule has 26 heavy (non-hydrogen) atoms. The summed E-state index contributed by atoms with van der Waals surface area (Å²) < 4.78 is 2.01. The van der Waals surface area contributed by atoms with E-state index in [1.165, 1.54) is 20.9 Å². The zero-order valence-electron chi connectivity index (χ0n) is 14.7. The Morgan fingerprint density at radius 1 is 1.00 bits per heavy atom. The van der Waals surface area contributed by atoms with Gasteiger partial charge in [-0.3, -0.25) is 0 Å². The van der Waals surface area contributed by atoms with E-state index in [0.29, 0.717) is 6.04 Å². The summed E-state index contributed by atoms with van der Waals surface area (Å²) in [6.07, 6.45) is 5.57. The van der Waals surface area contributed by atoms with Crippen molar-refractivity contribution in [2.75, 3.05) is 0 Å². The highest BCUT2D eigenvalue weighted by molar-refractivity contribution is 7.15. The molecule has 0 bridgehead atoms. The fraction of sp³-hybridized carbons (Fsp3) is 0.136. The van der Waals surface area contributed by atoms with E-state index in [2.05, 4.69) is 84.0 Å². The maximum atomic E-state index is 4.09. The summed E-state index contributed by atoms with van der Waals surface area (Å²) in [5.74, 6) is 0. The quantitative estimate of drug-likeness (QED) is 0.496. The van der Waals surface area contributed by atoms with Gasteiger partial charge in [-0.25, -0.2) is 4.98 Å². The van der Waals surface area contributed by atoms with Gasteiger partial charge in [0.2, 0.25) is 0 Å². The maximum Gasteiger partial charge on any atom is 0.0991 e. The molecule has 0 aliphatic carbocycles. The second kappa shape index (κ2) is 7.68. The van der Waals surface area contributed by atoms with Crippen molar-refractivity contribution >= 4 is 11.3 Å². The predicted molar refractivity (Wildman–Crippen MR) is 109 cm³/mol. The first-order valence-electron chi connectivity index (χ1n) is 8.75. The van der Waals surface area contributed by atoms with Gasteiger partial charge in [0.05, 0.1) is 6.33 Å². The van der Waals surface area contributed by atoms with Crippen molar-refractivity contribution in [3.63, 3.8) is 0 Å². The molecule has 0 unspecified atom stereocenters. The smallest absolute Gasteiger partial charge is 0.0991 e. The Labute approximate surface area is 158 Å². The third-order valence-corrected chi connectivity index (χ3v) is 5.63. The molecule has 0 saturated carbocycles. The predicted octanol–water partition coefficient (Wildman–Crippen LogP) is 5.45. The number of nitrogens with one attached hydrogen (secondary N) is 1. The Morgan fingerprint density at radius 3 is 2.54 bits per heavy atom. The first-order chi connectivity index (χ1) is 12.8. The fourth-order valence-electron chi connectivity index (χ4n) is 2.95. The van der Waals surface area contributed by atoms with Crippen molar-refractivity contribution in [2.45, 2.75) is 19.5 Å². The van der Waals surface area contributed by atoms with Gasteiger partial charge < -0.3 is 9.88 Å². The molecular weight excluding hydrogens is 338 g/mol. The Hall–Kier alpha value is -2.69. The molecule has 4 aromatic rings. The van der Waals surface area contributed by atoms with Gasteiger partial charge >= 0.3 is 0 Å². The summed E-state index contributed by atoms with van der Waals surface area (Å²) in [6, 6.07) is 23.9. The van der Waals surface area contributed by atoms with Gasteiger partial charge in [-0.15, -0.1) is 11.3 Å². The number of nitrogens with zero attached hydrogens (tertiary/aromatic N) is 2. The third-order valence-electron chi connectivity index (χ3n) is 4.50. The highest BCUT2D eigenvalue weighted by Crippen LogP contribution is 2.28. The van der Waals surface area contributed by atoms with Gasteiger partial charge in [0.15, 0.2) is 0 Å². The third kappa shape index (κ3) is 3.77. The molecule has 4 heteroatoms. The van der Waals surface area contributed by atoms with Crippen molar-refractivity contribution in [3.05, 3.63) is 95.9 Å². The van der Waals surface area contributed by atoms with Crippen molar-refractivity contribution in [3.8, 4) is 16.1 Å². The summed E-state index contributed by atoms with van der Waals surface area (Å²) in [7, 11) is 0. The van der Waals surface area contributed by atoms with Crippen molar-refractivity contribution in [1.82, 2.24) is 14.9 Å². The lowest BCUT2D eigenvalue weighted by molar-refractivity contribution is 0.579. The van der Waals surface area contributed by atoms with Crippen LogP contribution in [0.1, 0.15) is 23.4 Å². The van der Waals surface area contributed by atoms with E-state index >= 15 is 0 Å². The van der Waals surface area contributed by atoms with Crippen LogP contribution in [0.4, 0.5) is 0 Å². The van der Waals surface area contributed by atoms with Crippen LogP contribution in [0.2, 0.25) is 0 Å². The van der Waals surface area contributed by atoms with E-state index < -0.39 is 0 Å². The molecule has 2 aromatic heterocycles. The lowest BCUT2D eigenvalue weighted by Crippen LogP contribution is -2.17. The normalized spacial score (nSPS) is 12.2. The molecule has 0 amide bonds. The minimum Gasteiger partial charge on any atom is -0.306 e. The van der Waals surface area contributed by atoms with E-state index in [0.717, 1.165) is 12.2 Å². The summed E-state index contributed by atoms with van der Waals surface area (Å²) >= 11 is 1.85. The second-order valence-electron chi connectivity index (χ2n) is 6.30. The van der Waals surface area contributed by atoms with Crippen molar-refractivity contribution < 1.29 is 0 Å². The average Bonchev–Trinajstić information content (AvgIpc) is 3.39. The van der Waals surface area contributed by atoms with Crippen molar-refractivity contribution in [1.29, 1.82) is 0 Å². The first-order valence-corrected chi connectivity index (χ1v) is 9.57. The molecule has 0 aliphatic heterocycles. The lowest BCUT2D eigenvalue weighted by Gasteiger charge is -2.14. The van der Waals surface area contributed by atoms with Crippen molar-refractivity contribution in [2.24, 2.45) is 0 Å². The summed E-state index contributed by atoms with van der Waals surface area (Å²) in [6.45, 7) is 3.08. The molecule has 0 saturated heterocycles. The molecule has 0 fully saturated rings. The molecular formula is C22H21N3S. The highest BCUT2D eigenvalue weighted by atomic mass is 32.1. The average molecular weight is 359 g/mol. The highest BCUT2D eigenvalue weighted by Gasteiger charge is 2.07. The Kier molecular flexibility index (Phi) is 4.95. The number of hydrogen-bond acceptors (Lipinski definition) is 3. The van der Waals surface area contributed by atoms with Crippen LogP contribution in [-0.2, 0) is 6.54 Å². The van der Waals surface area contributed by atoms with Gasteiger partial charge in [-0.1, -0.05) is 42.5 Å². The first kappa shape index (κ1) is 16.8. The maximum absolute atomic E-state index is 4.09. The topological polar surface area (TPSA) is 29.9 Å². The minimum atomic E-state index is 0.300. The Morgan fingerprint density at radius 2 is 1.81 bits per heavy atom. The van der Waals surface area contributed by atoms with Crippen LogP contribution in [0, 0.1) is 0 Å². The molecule has 0 radical (unpaired) electrons. The largest absolute Gasteiger partial charge is 0.306 e. The molecule has 4 rings (SSSR count). The van der Waals surface area contributed by atoms with Crippen LogP contribution in [0.3, 0.4) is 0 Å². The number of aromatic nitrogens is 2. The number of benzene rings is 2.